The number of phenolic OH excluding ortho intramolecular Hbond substituents is 1. The van der Waals surface area contributed by atoms with Crippen molar-refractivity contribution in [3.8, 4) is 5.75 Å². The van der Waals surface area contributed by atoms with E-state index in [4.69, 9.17) is 0 Å². The summed E-state index contributed by atoms with van der Waals surface area (Å²) in [5, 5.41) is 11.9. The Labute approximate surface area is 111 Å². The van der Waals surface area contributed by atoms with Crippen molar-refractivity contribution in [1.82, 2.24) is 4.98 Å². The summed E-state index contributed by atoms with van der Waals surface area (Å²) < 4.78 is 13.6. The normalized spacial score (nSPS) is 10.1. The molecule has 0 saturated heterocycles. The molecule has 0 aliphatic carbocycles. The second-order valence-electron chi connectivity index (χ2n) is 3.48. The quantitative estimate of drug-likeness (QED) is 0.896. The highest BCUT2D eigenvalue weighted by molar-refractivity contribution is 9.10. The molecule has 1 heterocycles. The molecule has 18 heavy (non-hydrogen) atoms. The largest absolute Gasteiger partial charge is 0.507 e. The number of aromatic hydroxyl groups is 1. The third-order valence-electron chi connectivity index (χ3n) is 2.17. The smallest absolute Gasteiger partial charge is 0.260 e. The highest BCUT2D eigenvalue weighted by Gasteiger charge is 2.12. The van der Waals surface area contributed by atoms with Crippen molar-refractivity contribution in [3.63, 3.8) is 0 Å². The summed E-state index contributed by atoms with van der Waals surface area (Å²) in [6, 6.07) is 6.50. The maximum Gasteiger partial charge on any atom is 0.260 e. The minimum Gasteiger partial charge on any atom is -0.507 e. The van der Waals surface area contributed by atoms with E-state index in [0.29, 0.717) is 5.82 Å². The average Bonchev–Trinajstić information content (AvgIpc) is 2.32. The molecule has 6 heteroatoms. The number of carbonyl (C=O) groups is 1. The van der Waals surface area contributed by atoms with Gasteiger partial charge >= 0.3 is 0 Å². The monoisotopic (exact) mass is 310 g/mol. The van der Waals surface area contributed by atoms with Crippen molar-refractivity contribution >= 4 is 27.7 Å². The minimum atomic E-state index is -0.606. The first-order chi connectivity index (χ1) is 8.56. The van der Waals surface area contributed by atoms with Gasteiger partial charge in [0.25, 0.3) is 5.91 Å². The number of nitrogens with one attached hydrogen (secondary N) is 1. The van der Waals surface area contributed by atoms with Crippen molar-refractivity contribution in [1.29, 1.82) is 0 Å². The van der Waals surface area contributed by atoms with Crippen LogP contribution in [0.1, 0.15) is 10.4 Å². The Morgan fingerprint density at radius 1 is 1.33 bits per heavy atom. The van der Waals surface area contributed by atoms with Crippen LogP contribution in [-0.2, 0) is 0 Å². The number of amides is 1. The maximum atomic E-state index is 12.8. The number of hydrogen-bond acceptors (Lipinski definition) is 3. The molecule has 2 N–H and O–H groups in total. The lowest BCUT2D eigenvalue weighted by atomic mass is 10.2. The second kappa shape index (κ2) is 5.14. The Hall–Kier alpha value is -1.95. The number of nitrogens with zero attached hydrogens (tertiary/aromatic N) is 1. The van der Waals surface area contributed by atoms with Gasteiger partial charge < -0.3 is 10.4 Å². The average molecular weight is 311 g/mol. The van der Waals surface area contributed by atoms with Gasteiger partial charge in [-0.3, -0.25) is 4.79 Å². The molecule has 0 saturated carbocycles. The molecule has 1 aromatic heterocycles. The summed E-state index contributed by atoms with van der Waals surface area (Å²) in [5.41, 5.74) is -0.0129. The van der Waals surface area contributed by atoms with Gasteiger partial charge in [0.15, 0.2) is 0 Å². The number of pyridine rings is 1. The van der Waals surface area contributed by atoms with Crippen LogP contribution < -0.4 is 5.32 Å². The number of hydrogen-bond donors (Lipinski definition) is 2. The molecular weight excluding hydrogens is 303 g/mol. The molecule has 0 fully saturated rings. The Morgan fingerprint density at radius 3 is 2.72 bits per heavy atom. The summed E-state index contributed by atoms with van der Waals surface area (Å²) >= 11 is 3.22. The summed E-state index contributed by atoms with van der Waals surface area (Å²) in [6.45, 7) is 0. The fourth-order valence-electron chi connectivity index (χ4n) is 1.33. The molecule has 0 bridgehead atoms. The van der Waals surface area contributed by atoms with E-state index in [2.05, 4.69) is 26.2 Å². The highest BCUT2D eigenvalue weighted by Crippen LogP contribution is 2.19. The van der Waals surface area contributed by atoms with Gasteiger partial charge in [-0.05, 0) is 40.2 Å². The fourth-order valence-corrected chi connectivity index (χ4v) is 1.56. The Morgan fingerprint density at radius 2 is 2.11 bits per heavy atom. The molecule has 0 spiro atoms. The summed E-state index contributed by atoms with van der Waals surface area (Å²) in [4.78, 5) is 15.7. The van der Waals surface area contributed by atoms with Gasteiger partial charge in [0.2, 0.25) is 0 Å². The summed E-state index contributed by atoms with van der Waals surface area (Å²) in [7, 11) is 0. The molecule has 2 rings (SSSR count). The first-order valence-corrected chi connectivity index (χ1v) is 5.77. The maximum absolute atomic E-state index is 12.8. The number of aromatic nitrogens is 1. The lowest BCUT2D eigenvalue weighted by Gasteiger charge is -2.06. The Balaban J connectivity index is 2.19. The first-order valence-electron chi connectivity index (χ1n) is 4.97. The van der Waals surface area contributed by atoms with E-state index < -0.39 is 17.5 Å². The minimum absolute atomic E-state index is 0.0129. The molecule has 92 valence electrons. The zero-order valence-electron chi connectivity index (χ0n) is 9.02. The predicted molar refractivity (Wildman–Crippen MR) is 68.0 cm³/mol. The van der Waals surface area contributed by atoms with Crippen molar-refractivity contribution < 1.29 is 14.3 Å². The van der Waals surface area contributed by atoms with Crippen LogP contribution in [0.25, 0.3) is 0 Å². The van der Waals surface area contributed by atoms with Gasteiger partial charge in [0.05, 0.1) is 5.56 Å². The fraction of sp³-hybridized carbons (Fsp3) is 0. The molecule has 0 unspecified atom stereocenters. The zero-order valence-corrected chi connectivity index (χ0v) is 10.6. The van der Waals surface area contributed by atoms with Crippen LogP contribution in [-0.4, -0.2) is 16.0 Å². The van der Waals surface area contributed by atoms with Gasteiger partial charge in [-0.1, -0.05) is 0 Å². The SMILES string of the molecule is O=C(Nc1ccc(Br)cn1)c1ccc(F)cc1O. The summed E-state index contributed by atoms with van der Waals surface area (Å²) in [5.74, 6) is -1.23. The van der Waals surface area contributed by atoms with Gasteiger partial charge in [-0.2, -0.15) is 0 Å². The predicted octanol–water partition coefficient (Wildman–Crippen LogP) is 2.94. The van der Waals surface area contributed by atoms with E-state index >= 15 is 0 Å². The van der Waals surface area contributed by atoms with Crippen LogP contribution in [0.15, 0.2) is 41.0 Å². The lowest BCUT2D eigenvalue weighted by molar-refractivity contribution is 0.102. The molecule has 1 amide bonds. The van der Waals surface area contributed by atoms with E-state index in [-0.39, 0.29) is 5.56 Å². The van der Waals surface area contributed by atoms with E-state index in [1.54, 1.807) is 12.1 Å². The van der Waals surface area contributed by atoms with Crippen molar-refractivity contribution in [2.24, 2.45) is 0 Å². The molecule has 2 aromatic rings. The third-order valence-corrected chi connectivity index (χ3v) is 2.64. The standard InChI is InChI=1S/C12H8BrFN2O2/c13-7-1-4-11(15-6-7)16-12(18)9-3-2-8(14)5-10(9)17/h1-6,17H,(H,15,16,18). The van der Waals surface area contributed by atoms with Crippen LogP contribution in [0.3, 0.4) is 0 Å². The molecule has 0 radical (unpaired) electrons. The molecule has 1 aromatic carbocycles. The number of phenols is 1. The Bertz CT molecular complexity index is 587. The van der Waals surface area contributed by atoms with E-state index in [0.717, 1.165) is 16.6 Å². The number of carbonyl (C=O) groups excluding carboxylic acids is 1. The van der Waals surface area contributed by atoms with Gasteiger partial charge in [-0.25, -0.2) is 9.37 Å². The van der Waals surface area contributed by atoms with Crippen LogP contribution in [0.4, 0.5) is 10.2 Å². The van der Waals surface area contributed by atoms with E-state index in [1.807, 2.05) is 0 Å². The number of halogens is 2. The molecule has 0 aliphatic heterocycles. The van der Waals surface area contributed by atoms with E-state index in [9.17, 15) is 14.3 Å². The molecule has 0 aliphatic rings. The van der Waals surface area contributed by atoms with Crippen LogP contribution >= 0.6 is 15.9 Å². The van der Waals surface area contributed by atoms with Crippen molar-refractivity contribution in [3.05, 3.63) is 52.4 Å². The molecule has 0 atom stereocenters. The Kier molecular flexibility index (Phi) is 3.57. The van der Waals surface area contributed by atoms with Gasteiger partial charge in [0.1, 0.15) is 17.4 Å². The third kappa shape index (κ3) is 2.84. The number of anilines is 1. The zero-order chi connectivity index (χ0) is 13.1. The first kappa shape index (κ1) is 12.5. The van der Waals surface area contributed by atoms with Crippen LogP contribution in [0.5, 0.6) is 5.75 Å². The second-order valence-corrected chi connectivity index (χ2v) is 4.39. The highest BCUT2D eigenvalue weighted by atomic mass is 79.9. The van der Waals surface area contributed by atoms with Crippen molar-refractivity contribution in [2.75, 3.05) is 5.32 Å². The summed E-state index contributed by atoms with van der Waals surface area (Å²) in [6.07, 6.45) is 1.53. The topological polar surface area (TPSA) is 62.2 Å². The van der Waals surface area contributed by atoms with Gasteiger partial charge in [0, 0.05) is 16.7 Å². The van der Waals surface area contributed by atoms with Crippen LogP contribution in [0.2, 0.25) is 0 Å². The molecule has 4 nitrogen and oxygen atoms in total. The molecular formula is C12H8BrFN2O2. The lowest BCUT2D eigenvalue weighted by Crippen LogP contribution is -2.13. The van der Waals surface area contributed by atoms with Gasteiger partial charge in [-0.15, -0.1) is 0 Å². The van der Waals surface area contributed by atoms with Crippen molar-refractivity contribution in [2.45, 2.75) is 0 Å². The van der Waals surface area contributed by atoms with Crippen LogP contribution in [0, 0.1) is 5.82 Å². The van der Waals surface area contributed by atoms with E-state index in [1.165, 1.54) is 12.3 Å². The number of rotatable bonds is 2. The number of benzene rings is 1.